The Labute approximate surface area is 209 Å². The predicted octanol–water partition coefficient (Wildman–Crippen LogP) is 3.31. The fourth-order valence-electron chi connectivity index (χ4n) is 4.66. The van der Waals surface area contributed by atoms with Crippen molar-refractivity contribution in [2.45, 2.75) is 19.4 Å². The number of fused-ring (bicyclic) bond motifs is 1. The van der Waals surface area contributed by atoms with Crippen molar-refractivity contribution >= 4 is 22.7 Å². The summed E-state index contributed by atoms with van der Waals surface area (Å²) in [6.45, 7) is 8.11. The zero-order valence-corrected chi connectivity index (χ0v) is 20.6. The van der Waals surface area contributed by atoms with Crippen molar-refractivity contribution in [2.75, 3.05) is 57.5 Å². The number of thiophene rings is 1. The molecule has 1 aromatic carbocycles. The average Bonchev–Trinajstić information content (AvgIpc) is 3.56. The first-order valence-electron chi connectivity index (χ1n) is 12.3. The van der Waals surface area contributed by atoms with Gasteiger partial charge in [0.2, 0.25) is 0 Å². The first kappa shape index (κ1) is 22.6. The van der Waals surface area contributed by atoms with Gasteiger partial charge in [0.25, 0.3) is 0 Å². The van der Waals surface area contributed by atoms with Crippen LogP contribution in [0.4, 0.5) is 5.69 Å². The van der Waals surface area contributed by atoms with Gasteiger partial charge in [0, 0.05) is 49.7 Å². The van der Waals surface area contributed by atoms with E-state index in [1.54, 1.807) is 17.5 Å². The summed E-state index contributed by atoms with van der Waals surface area (Å²) in [5, 5.41) is 4.84. The summed E-state index contributed by atoms with van der Waals surface area (Å²) < 4.78 is 12.9. The number of rotatable bonds is 7. The Morgan fingerprint density at radius 3 is 2.40 bits per heavy atom. The fraction of sp³-hybridized carbons (Fsp3) is 0.423. The van der Waals surface area contributed by atoms with Crippen molar-refractivity contribution in [3.8, 4) is 10.6 Å². The molecule has 0 saturated carbocycles. The second-order valence-electron chi connectivity index (χ2n) is 9.01. The molecule has 0 radical (unpaired) electrons. The lowest BCUT2D eigenvalue weighted by molar-refractivity contribution is 0.0346. The molecule has 6 rings (SSSR count). The molecule has 4 aromatic rings. The first-order valence-corrected chi connectivity index (χ1v) is 13.1. The molecule has 0 atom stereocenters. The lowest BCUT2D eigenvalue weighted by Gasteiger charge is -2.28. The molecule has 0 unspecified atom stereocenters. The van der Waals surface area contributed by atoms with Gasteiger partial charge in [0.05, 0.1) is 43.7 Å². The van der Waals surface area contributed by atoms with Crippen molar-refractivity contribution in [3.63, 3.8) is 0 Å². The molecule has 0 amide bonds. The van der Waals surface area contributed by atoms with Gasteiger partial charge in [-0.2, -0.15) is 5.10 Å². The van der Waals surface area contributed by atoms with Crippen LogP contribution in [0.5, 0.6) is 0 Å². The number of nitrogens with zero attached hydrogens (tertiary/aromatic N) is 6. The van der Waals surface area contributed by atoms with Crippen LogP contribution in [0.3, 0.4) is 0 Å². The number of anilines is 1. The van der Waals surface area contributed by atoms with Gasteiger partial charge in [-0.1, -0.05) is 12.1 Å². The molecule has 0 spiro atoms. The van der Waals surface area contributed by atoms with E-state index in [0.717, 1.165) is 89.2 Å². The Morgan fingerprint density at radius 1 is 0.829 bits per heavy atom. The van der Waals surface area contributed by atoms with E-state index in [1.165, 1.54) is 21.0 Å². The zero-order valence-electron chi connectivity index (χ0n) is 19.8. The third-order valence-electron chi connectivity index (χ3n) is 6.64. The van der Waals surface area contributed by atoms with Crippen molar-refractivity contribution in [2.24, 2.45) is 0 Å². The molecule has 182 valence electrons. The van der Waals surface area contributed by atoms with Gasteiger partial charge in [-0.25, -0.2) is 9.50 Å². The van der Waals surface area contributed by atoms with Crippen LogP contribution in [0.25, 0.3) is 16.2 Å². The summed E-state index contributed by atoms with van der Waals surface area (Å²) >= 11 is 1.80. The summed E-state index contributed by atoms with van der Waals surface area (Å²) in [6.07, 6.45) is 5.38. The van der Waals surface area contributed by atoms with E-state index in [1.807, 2.05) is 10.7 Å². The monoisotopic (exact) mass is 490 g/mol. The topological polar surface area (TPSA) is 68.0 Å². The van der Waals surface area contributed by atoms with Gasteiger partial charge in [0.15, 0.2) is 11.5 Å². The number of morpholine rings is 2. The van der Waals surface area contributed by atoms with Crippen LogP contribution < -0.4 is 4.90 Å². The summed E-state index contributed by atoms with van der Waals surface area (Å²) in [5.41, 5.74) is 4.35. The lowest BCUT2D eigenvalue weighted by atomic mass is 10.1. The second-order valence-corrected chi connectivity index (χ2v) is 10.2. The number of aryl methyl sites for hydroxylation is 2. The van der Waals surface area contributed by atoms with Crippen molar-refractivity contribution in [1.29, 1.82) is 0 Å². The Kier molecular flexibility index (Phi) is 6.72. The summed E-state index contributed by atoms with van der Waals surface area (Å²) in [7, 11) is 0. The van der Waals surface area contributed by atoms with Crippen LogP contribution in [-0.2, 0) is 28.9 Å². The number of hydrogen-bond donors (Lipinski definition) is 0. The highest BCUT2D eigenvalue weighted by atomic mass is 32.1. The Morgan fingerprint density at radius 2 is 1.60 bits per heavy atom. The fourth-order valence-corrected chi connectivity index (χ4v) is 5.71. The van der Waals surface area contributed by atoms with E-state index >= 15 is 0 Å². The molecule has 2 aliphatic rings. The molecule has 35 heavy (non-hydrogen) atoms. The maximum absolute atomic E-state index is 5.47. The van der Waals surface area contributed by atoms with Gasteiger partial charge in [-0.15, -0.1) is 11.3 Å². The van der Waals surface area contributed by atoms with Crippen LogP contribution in [0.15, 0.2) is 48.8 Å². The van der Waals surface area contributed by atoms with E-state index in [2.05, 4.69) is 51.2 Å². The van der Waals surface area contributed by atoms with E-state index in [0.29, 0.717) is 0 Å². The van der Waals surface area contributed by atoms with Crippen LogP contribution in [0.2, 0.25) is 0 Å². The highest BCUT2D eigenvalue weighted by Gasteiger charge is 2.15. The minimum atomic E-state index is 0.795. The summed E-state index contributed by atoms with van der Waals surface area (Å²) in [6, 6.07) is 13.3. The van der Waals surface area contributed by atoms with Crippen LogP contribution >= 0.6 is 11.3 Å². The molecule has 9 heteroatoms. The van der Waals surface area contributed by atoms with Crippen molar-refractivity contribution < 1.29 is 9.47 Å². The largest absolute Gasteiger partial charge is 0.379 e. The molecule has 8 nitrogen and oxygen atoms in total. The number of hydrogen-bond acceptors (Lipinski definition) is 8. The van der Waals surface area contributed by atoms with E-state index in [-0.39, 0.29) is 0 Å². The minimum Gasteiger partial charge on any atom is -0.379 e. The molecule has 2 aliphatic heterocycles. The van der Waals surface area contributed by atoms with Crippen molar-refractivity contribution in [1.82, 2.24) is 24.5 Å². The van der Waals surface area contributed by atoms with E-state index < -0.39 is 0 Å². The van der Waals surface area contributed by atoms with Gasteiger partial charge in [-0.05, 0) is 36.2 Å². The SMILES string of the molecule is c1cc(N2CCOCC2)ccc1CCc1nc2cncc(-c3ccc(CN4CCOCC4)s3)n2n1. The first-order chi connectivity index (χ1) is 17.3. The minimum absolute atomic E-state index is 0.795. The van der Waals surface area contributed by atoms with Gasteiger partial charge in [0.1, 0.15) is 5.69 Å². The molecule has 5 heterocycles. The third-order valence-corrected chi connectivity index (χ3v) is 7.73. The Balaban J connectivity index is 1.13. The third kappa shape index (κ3) is 5.23. The van der Waals surface area contributed by atoms with E-state index in [9.17, 15) is 0 Å². The predicted molar refractivity (Wildman–Crippen MR) is 137 cm³/mol. The summed E-state index contributed by atoms with van der Waals surface area (Å²) in [5.74, 6) is 0.849. The lowest BCUT2D eigenvalue weighted by Crippen LogP contribution is -2.36. The maximum Gasteiger partial charge on any atom is 0.174 e. The Bertz CT molecular complexity index is 1260. The Hall–Kier alpha value is -2.85. The molecule has 2 saturated heterocycles. The molecule has 0 N–H and O–H groups in total. The van der Waals surface area contributed by atoms with Crippen LogP contribution in [-0.4, -0.2) is 77.1 Å². The van der Waals surface area contributed by atoms with Crippen LogP contribution in [0, 0.1) is 0 Å². The molecule has 3 aromatic heterocycles. The average molecular weight is 491 g/mol. The van der Waals surface area contributed by atoms with Gasteiger partial charge < -0.3 is 14.4 Å². The molecular formula is C26H30N6O2S. The molecular weight excluding hydrogens is 460 g/mol. The van der Waals surface area contributed by atoms with Crippen LogP contribution in [0.1, 0.15) is 16.3 Å². The van der Waals surface area contributed by atoms with Gasteiger partial charge >= 0.3 is 0 Å². The number of ether oxygens (including phenoxy) is 2. The normalized spacial score (nSPS) is 17.3. The number of aromatic nitrogens is 4. The van der Waals surface area contributed by atoms with Crippen molar-refractivity contribution in [3.05, 3.63) is 65.1 Å². The number of benzene rings is 1. The highest BCUT2D eigenvalue weighted by molar-refractivity contribution is 7.15. The smallest absolute Gasteiger partial charge is 0.174 e. The van der Waals surface area contributed by atoms with E-state index in [4.69, 9.17) is 19.6 Å². The quantitative estimate of drug-likeness (QED) is 0.394. The maximum atomic E-state index is 5.47. The zero-order chi connectivity index (χ0) is 23.5. The standard InChI is InChI=1S/C26H30N6O2S/c1-4-21(31-11-15-34-16-12-31)5-2-20(1)3-8-25-28-26-18-27-17-23(32(26)29-25)24-7-6-22(35-24)19-30-9-13-33-14-10-30/h1-2,4-7,17-18H,3,8-16,19H2. The molecule has 0 aliphatic carbocycles. The summed E-state index contributed by atoms with van der Waals surface area (Å²) in [4.78, 5) is 16.5. The molecule has 0 bridgehead atoms. The van der Waals surface area contributed by atoms with Gasteiger partial charge in [-0.3, -0.25) is 9.88 Å². The highest BCUT2D eigenvalue weighted by Crippen LogP contribution is 2.29. The second kappa shape index (κ2) is 10.4. The molecule has 2 fully saturated rings.